The molecule has 1 aliphatic carbocycles. The van der Waals surface area contributed by atoms with E-state index in [4.69, 9.17) is 15.0 Å². The van der Waals surface area contributed by atoms with E-state index in [1.54, 1.807) is 7.11 Å². The molecule has 0 amide bonds. The van der Waals surface area contributed by atoms with Crippen LogP contribution >= 0.6 is 0 Å². The molecule has 0 aliphatic heterocycles. The van der Waals surface area contributed by atoms with Gasteiger partial charge in [0.2, 0.25) is 5.89 Å². The van der Waals surface area contributed by atoms with E-state index in [1.807, 2.05) is 0 Å². The first kappa shape index (κ1) is 12.5. The second kappa shape index (κ2) is 6.12. The summed E-state index contributed by atoms with van der Waals surface area (Å²) in [5, 5.41) is 4.00. The normalized spacial score (nSPS) is 25.1. The van der Waals surface area contributed by atoms with Crippen LogP contribution in [0.1, 0.15) is 49.7 Å². The van der Waals surface area contributed by atoms with Crippen molar-refractivity contribution in [2.45, 2.75) is 50.5 Å². The highest BCUT2D eigenvalue weighted by atomic mass is 16.5. The zero-order valence-corrected chi connectivity index (χ0v) is 10.4. The highest BCUT2D eigenvalue weighted by Gasteiger charge is 2.28. The van der Waals surface area contributed by atoms with Gasteiger partial charge in [0.15, 0.2) is 5.82 Å². The number of aromatic nitrogens is 2. The SMILES string of the molecule is COCCCc1noc(C2CCCCC2N)n1. The number of nitrogens with two attached hydrogens (primary N) is 1. The van der Waals surface area contributed by atoms with E-state index in [2.05, 4.69) is 10.1 Å². The molecule has 0 spiro atoms. The molecule has 1 aromatic rings. The molecule has 1 saturated carbocycles. The van der Waals surface area contributed by atoms with Crippen molar-refractivity contribution in [1.29, 1.82) is 0 Å². The molecule has 0 bridgehead atoms. The van der Waals surface area contributed by atoms with Crippen LogP contribution in [0.15, 0.2) is 4.52 Å². The van der Waals surface area contributed by atoms with E-state index in [1.165, 1.54) is 12.8 Å². The summed E-state index contributed by atoms with van der Waals surface area (Å²) in [4.78, 5) is 4.44. The number of aryl methyl sites for hydroxylation is 1. The molecule has 0 radical (unpaired) electrons. The zero-order valence-electron chi connectivity index (χ0n) is 10.4. The van der Waals surface area contributed by atoms with Crippen molar-refractivity contribution in [2.24, 2.45) is 5.73 Å². The number of nitrogens with zero attached hydrogens (tertiary/aromatic N) is 2. The maximum Gasteiger partial charge on any atom is 0.231 e. The number of hydrogen-bond acceptors (Lipinski definition) is 5. The van der Waals surface area contributed by atoms with Crippen LogP contribution in [0.5, 0.6) is 0 Å². The van der Waals surface area contributed by atoms with Crippen molar-refractivity contribution >= 4 is 0 Å². The molecule has 5 nitrogen and oxygen atoms in total. The summed E-state index contributed by atoms with van der Waals surface area (Å²) >= 11 is 0. The summed E-state index contributed by atoms with van der Waals surface area (Å²) < 4.78 is 10.3. The van der Waals surface area contributed by atoms with Crippen LogP contribution in [0.2, 0.25) is 0 Å². The minimum Gasteiger partial charge on any atom is -0.385 e. The molecule has 96 valence electrons. The Balaban J connectivity index is 1.92. The van der Waals surface area contributed by atoms with Gasteiger partial charge in [0.1, 0.15) is 0 Å². The molecule has 0 saturated heterocycles. The van der Waals surface area contributed by atoms with E-state index in [0.29, 0.717) is 0 Å². The minimum absolute atomic E-state index is 0.177. The van der Waals surface area contributed by atoms with E-state index in [0.717, 1.165) is 44.0 Å². The predicted octanol–water partition coefficient (Wildman–Crippen LogP) is 1.63. The Bertz CT molecular complexity index is 340. The molecule has 1 heterocycles. The molecule has 2 N–H and O–H groups in total. The molecule has 1 fully saturated rings. The van der Waals surface area contributed by atoms with E-state index in [9.17, 15) is 0 Å². The average molecular weight is 239 g/mol. The fourth-order valence-electron chi connectivity index (χ4n) is 2.36. The van der Waals surface area contributed by atoms with Gasteiger partial charge in [-0.1, -0.05) is 18.0 Å². The Morgan fingerprint density at radius 3 is 3.00 bits per heavy atom. The molecule has 2 atom stereocenters. The first-order valence-corrected chi connectivity index (χ1v) is 6.38. The summed E-state index contributed by atoms with van der Waals surface area (Å²) in [5.41, 5.74) is 6.09. The second-order valence-electron chi connectivity index (χ2n) is 4.70. The summed E-state index contributed by atoms with van der Waals surface area (Å²) in [6.07, 6.45) is 6.28. The lowest BCUT2D eigenvalue weighted by Crippen LogP contribution is -2.31. The Morgan fingerprint density at radius 1 is 1.41 bits per heavy atom. The molecular weight excluding hydrogens is 218 g/mol. The monoisotopic (exact) mass is 239 g/mol. The Hall–Kier alpha value is -0.940. The van der Waals surface area contributed by atoms with E-state index < -0.39 is 0 Å². The van der Waals surface area contributed by atoms with Gasteiger partial charge >= 0.3 is 0 Å². The van der Waals surface area contributed by atoms with Crippen LogP contribution in [-0.2, 0) is 11.2 Å². The van der Waals surface area contributed by atoms with Crippen molar-refractivity contribution in [3.05, 3.63) is 11.7 Å². The quantitative estimate of drug-likeness (QED) is 0.790. The standard InChI is InChI=1S/C12H21N3O2/c1-16-8-4-7-11-14-12(17-15-11)9-5-2-3-6-10(9)13/h9-10H,2-8,13H2,1H3. The van der Waals surface area contributed by atoms with Gasteiger partial charge in [-0.25, -0.2) is 0 Å². The third kappa shape index (κ3) is 3.26. The zero-order chi connectivity index (χ0) is 12.1. The Morgan fingerprint density at radius 2 is 2.24 bits per heavy atom. The fourth-order valence-corrected chi connectivity index (χ4v) is 2.36. The summed E-state index contributed by atoms with van der Waals surface area (Å²) in [6.45, 7) is 0.729. The van der Waals surface area contributed by atoms with Crippen molar-refractivity contribution in [3.63, 3.8) is 0 Å². The lowest BCUT2D eigenvalue weighted by molar-refractivity contribution is 0.194. The van der Waals surface area contributed by atoms with Gasteiger partial charge in [-0.2, -0.15) is 4.98 Å². The lowest BCUT2D eigenvalue weighted by Gasteiger charge is -2.25. The van der Waals surface area contributed by atoms with Crippen molar-refractivity contribution in [2.75, 3.05) is 13.7 Å². The van der Waals surface area contributed by atoms with Gasteiger partial charge in [-0.15, -0.1) is 0 Å². The van der Waals surface area contributed by atoms with Crippen LogP contribution < -0.4 is 5.73 Å². The molecule has 17 heavy (non-hydrogen) atoms. The molecule has 5 heteroatoms. The number of rotatable bonds is 5. The second-order valence-corrected chi connectivity index (χ2v) is 4.70. The van der Waals surface area contributed by atoms with Crippen LogP contribution in [0.4, 0.5) is 0 Å². The highest BCUT2D eigenvalue weighted by molar-refractivity contribution is 5.00. The van der Waals surface area contributed by atoms with E-state index >= 15 is 0 Å². The minimum atomic E-state index is 0.177. The Kier molecular flexibility index (Phi) is 4.50. The maximum atomic E-state index is 6.09. The molecule has 0 aromatic carbocycles. The molecule has 1 aliphatic rings. The van der Waals surface area contributed by atoms with Crippen LogP contribution in [0.25, 0.3) is 0 Å². The third-order valence-corrected chi connectivity index (χ3v) is 3.37. The van der Waals surface area contributed by atoms with Crippen molar-refractivity contribution < 1.29 is 9.26 Å². The van der Waals surface area contributed by atoms with Gasteiger partial charge in [0, 0.05) is 26.2 Å². The van der Waals surface area contributed by atoms with Crippen LogP contribution in [0, 0.1) is 0 Å². The first-order valence-electron chi connectivity index (χ1n) is 6.38. The fraction of sp³-hybridized carbons (Fsp3) is 0.833. The van der Waals surface area contributed by atoms with Gasteiger partial charge < -0.3 is 15.0 Å². The largest absolute Gasteiger partial charge is 0.385 e. The van der Waals surface area contributed by atoms with Gasteiger partial charge in [-0.05, 0) is 19.3 Å². The highest BCUT2D eigenvalue weighted by Crippen LogP contribution is 2.30. The summed E-state index contributed by atoms with van der Waals surface area (Å²) in [5.74, 6) is 1.76. The summed E-state index contributed by atoms with van der Waals surface area (Å²) in [6, 6.07) is 0.177. The topological polar surface area (TPSA) is 74.2 Å². The number of ether oxygens (including phenoxy) is 1. The number of methoxy groups -OCH3 is 1. The lowest BCUT2D eigenvalue weighted by atomic mass is 9.85. The van der Waals surface area contributed by atoms with Gasteiger partial charge in [0.05, 0.1) is 5.92 Å². The summed E-state index contributed by atoms with van der Waals surface area (Å²) in [7, 11) is 1.70. The molecule has 2 rings (SSSR count). The maximum absolute atomic E-state index is 6.09. The molecule has 1 aromatic heterocycles. The third-order valence-electron chi connectivity index (χ3n) is 3.37. The van der Waals surface area contributed by atoms with Gasteiger partial charge in [-0.3, -0.25) is 0 Å². The first-order chi connectivity index (χ1) is 8.31. The smallest absolute Gasteiger partial charge is 0.231 e. The van der Waals surface area contributed by atoms with E-state index in [-0.39, 0.29) is 12.0 Å². The van der Waals surface area contributed by atoms with Gasteiger partial charge in [0.25, 0.3) is 0 Å². The van der Waals surface area contributed by atoms with Crippen molar-refractivity contribution in [1.82, 2.24) is 10.1 Å². The Labute approximate surface area is 102 Å². The average Bonchev–Trinajstić information content (AvgIpc) is 2.79. The number of hydrogen-bond donors (Lipinski definition) is 1. The van der Waals surface area contributed by atoms with Crippen LogP contribution in [-0.4, -0.2) is 29.9 Å². The van der Waals surface area contributed by atoms with Crippen LogP contribution in [0.3, 0.4) is 0 Å². The predicted molar refractivity (Wildman–Crippen MR) is 63.7 cm³/mol. The van der Waals surface area contributed by atoms with Crippen molar-refractivity contribution in [3.8, 4) is 0 Å². The molecular formula is C12H21N3O2. The molecule has 2 unspecified atom stereocenters.